The maximum absolute atomic E-state index is 10.2. The molecule has 1 rings (SSSR count). The number of rotatable bonds is 2. The second-order valence-electron chi connectivity index (χ2n) is 3.93. The van der Waals surface area contributed by atoms with Crippen molar-refractivity contribution in [2.24, 2.45) is 5.92 Å². The standard InChI is InChI=1S/C11H14Cl2O/c1-7(2)11(3,14)8-4-5-9(12)10(13)6-8/h4-7,14H,1-3H3/t11-/m0/s1. The topological polar surface area (TPSA) is 20.2 Å². The Morgan fingerprint density at radius 1 is 1.21 bits per heavy atom. The molecule has 0 saturated heterocycles. The van der Waals surface area contributed by atoms with Gasteiger partial charge < -0.3 is 5.11 Å². The van der Waals surface area contributed by atoms with E-state index in [4.69, 9.17) is 23.2 Å². The van der Waals surface area contributed by atoms with Crippen LogP contribution in [-0.4, -0.2) is 5.11 Å². The first-order chi connectivity index (χ1) is 6.35. The summed E-state index contributed by atoms with van der Waals surface area (Å²) in [7, 11) is 0. The second kappa shape index (κ2) is 4.09. The van der Waals surface area contributed by atoms with Crippen LogP contribution in [0.1, 0.15) is 26.3 Å². The summed E-state index contributed by atoms with van der Waals surface area (Å²) >= 11 is 11.7. The predicted molar refractivity (Wildman–Crippen MR) is 60.9 cm³/mol. The molecule has 0 heterocycles. The van der Waals surface area contributed by atoms with Gasteiger partial charge in [-0.25, -0.2) is 0 Å². The highest BCUT2D eigenvalue weighted by Crippen LogP contribution is 2.32. The summed E-state index contributed by atoms with van der Waals surface area (Å²) in [5.41, 5.74) is -0.0734. The van der Waals surface area contributed by atoms with Gasteiger partial charge in [-0.3, -0.25) is 0 Å². The van der Waals surface area contributed by atoms with E-state index in [9.17, 15) is 5.11 Å². The van der Waals surface area contributed by atoms with Crippen LogP contribution < -0.4 is 0 Å². The third kappa shape index (κ3) is 2.22. The summed E-state index contributed by atoms with van der Waals surface area (Å²) in [4.78, 5) is 0. The molecular weight excluding hydrogens is 219 g/mol. The highest BCUT2D eigenvalue weighted by molar-refractivity contribution is 6.42. The molecule has 0 bridgehead atoms. The molecule has 1 N–H and O–H groups in total. The van der Waals surface area contributed by atoms with Crippen LogP contribution in [0.25, 0.3) is 0 Å². The zero-order valence-electron chi connectivity index (χ0n) is 8.51. The average molecular weight is 233 g/mol. The number of halogens is 2. The van der Waals surface area contributed by atoms with Crippen LogP contribution >= 0.6 is 23.2 Å². The molecule has 0 saturated carbocycles. The van der Waals surface area contributed by atoms with Crippen molar-refractivity contribution < 1.29 is 5.11 Å². The summed E-state index contributed by atoms with van der Waals surface area (Å²) in [6.07, 6.45) is 0. The van der Waals surface area contributed by atoms with Crippen molar-refractivity contribution in [3.8, 4) is 0 Å². The Balaban J connectivity index is 3.14. The van der Waals surface area contributed by atoms with E-state index in [2.05, 4.69) is 0 Å². The summed E-state index contributed by atoms with van der Waals surface area (Å²) in [5.74, 6) is 0.125. The second-order valence-corrected chi connectivity index (χ2v) is 4.75. The van der Waals surface area contributed by atoms with Gasteiger partial charge in [-0.2, -0.15) is 0 Å². The van der Waals surface area contributed by atoms with E-state index >= 15 is 0 Å². The average Bonchev–Trinajstić information content (AvgIpc) is 2.09. The molecule has 1 aromatic rings. The summed E-state index contributed by atoms with van der Waals surface area (Å²) in [6, 6.07) is 5.22. The lowest BCUT2D eigenvalue weighted by Crippen LogP contribution is -2.27. The van der Waals surface area contributed by atoms with E-state index in [-0.39, 0.29) is 5.92 Å². The predicted octanol–water partition coefficient (Wildman–Crippen LogP) is 3.86. The Hall–Kier alpha value is -0.240. The molecule has 0 aliphatic rings. The third-order valence-electron chi connectivity index (χ3n) is 2.63. The van der Waals surface area contributed by atoms with Gasteiger partial charge in [0.05, 0.1) is 15.6 Å². The monoisotopic (exact) mass is 232 g/mol. The zero-order chi connectivity index (χ0) is 10.9. The maximum atomic E-state index is 10.2. The molecule has 0 amide bonds. The van der Waals surface area contributed by atoms with Gasteiger partial charge in [-0.05, 0) is 30.5 Å². The number of hydrogen-bond acceptors (Lipinski definition) is 1. The summed E-state index contributed by atoms with van der Waals surface area (Å²) in [5, 5.41) is 11.2. The van der Waals surface area contributed by atoms with Gasteiger partial charge in [0.25, 0.3) is 0 Å². The van der Waals surface area contributed by atoms with Gasteiger partial charge in [0.15, 0.2) is 0 Å². The van der Waals surface area contributed by atoms with E-state index in [1.807, 2.05) is 13.8 Å². The van der Waals surface area contributed by atoms with E-state index < -0.39 is 5.60 Å². The van der Waals surface area contributed by atoms with Crippen LogP contribution in [0, 0.1) is 5.92 Å². The molecule has 0 aromatic heterocycles. The minimum Gasteiger partial charge on any atom is -0.385 e. The molecule has 1 nitrogen and oxygen atoms in total. The van der Waals surface area contributed by atoms with Gasteiger partial charge in [0.2, 0.25) is 0 Å². The van der Waals surface area contributed by atoms with Crippen LogP contribution in [0.4, 0.5) is 0 Å². The molecule has 0 spiro atoms. The maximum Gasteiger partial charge on any atom is 0.0891 e. The minimum atomic E-state index is -0.867. The molecule has 1 aromatic carbocycles. The van der Waals surface area contributed by atoms with Crippen molar-refractivity contribution in [1.29, 1.82) is 0 Å². The van der Waals surface area contributed by atoms with Gasteiger partial charge in [-0.15, -0.1) is 0 Å². The quantitative estimate of drug-likeness (QED) is 0.822. The normalized spacial score (nSPS) is 15.6. The van der Waals surface area contributed by atoms with Crippen LogP contribution in [0.5, 0.6) is 0 Å². The van der Waals surface area contributed by atoms with E-state index in [0.717, 1.165) is 5.56 Å². The first-order valence-electron chi connectivity index (χ1n) is 4.53. The van der Waals surface area contributed by atoms with Crippen molar-refractivity contribution in [2.75, 3.05) is 0 Å². The highest BCUT2D eigenvalue weighted by atomic mass is 35.5. The summed E-state index contributed by atoms with van der Waals surface area (Å²) in [6.45, 7) is 5.70. The Labute approximate surface area is 94.7 Å². The molecule has 0 aliphatic heterocycles. The molecule has 14 heavy (non-hydrogen) atoms. The Bertz CT molecular complexity index is 332. The van der Waals surface area contributed by atoms with Crippen molar-refractivity contribution in [1.82, 2.24) is 0 Å². The van der Waals surface area contributed by atoms with Crippen LogP contribution in [0.3, 0.4) is 0 Å². The lowest BCUT2D eigenvalue weighted by molar-refractivity contribution is 0.00906. The Kier molecular flexibility index (Phi) is 3.46. The smallest absolute Gasteiger partial charge is 0.0891 e. The SMILES string of the molecule is CC(C)[C@](C)(O)c1ccc(Cl)c(Cl)c1. The van der Waals surface area contributed by atoms with E-state index in [1.54, 1.807) is 25.1 Å². The van der Waals surface area contributed by atoms with Crippen LogP contribution in [0.15, 0.2) is 18.2 Å². The van der Waals surface area contributed by atoms with Crippen molar-refractivity contribution in [3.63, 3.8) is 0 Å². The Morgan fingerprint density at radius 3 is 2.21 bits per heavy atom. The first-order valence-corrected chi connectivity index (χ1v) is 5.29. The third-order valence-corrected chi connectivity index (χ3v) is 3.37. The van der Waals surface area contributed by atoms with Crippen molar-refractivity contribution in [2.45, 2.75) is 26.4 Å². The van der Waals surface area contributed by atoms with Crippen LogP contribution in [0.2, 0.25) is 10.0 Å². The zero-order valence-corrected chi connectivity index (χ0v) is 10.0. The molecule has 3 heteroatoms. The van der Waals surface area contributed by atoms with Gasteiger partial charge in [-0.1, -0.05) is 43.1 Å². The van der Waals surface area contributed by atoms with E-state index in [0.29, 0.717) is 10.0 Å². The summed E-state index contributed by atoms with van der Waals surface area (Å²) < 4.78 is 0. The number of hydrogen-bond donors (Lipinski definition) is 1. The number of benzene rings is 1. The molecule has 0 radical (unpaired) electrons. The molecular formula is C11H14Cl2O. The lowest BCUT2D eigenvalue weighted by Gasteiger charge is -2.28. The number of aliphatic hydroxyl groups is 1. The highest BCUT2D eigenvalue weighted by Gasteiger charge is 2.27. The van der Waals surface area contributed by atoms with Gasteiger partial charge in [0.1, 0.15) is 0 Å². The van der Waals surface area contributed by atoms with Crippen molar-refractivity contribution >= 4 is 23.2 Å². The fourth-order valence-electron chi connectivity index (χ4n) is 1.14. The largest absolute Gasteiger partial charge is 0.385 e. The lowest BCUT2D eigenvalue weighted by atomic mass is 9.85. The molecule has 0 unspecified atom stereocenters. The molecule has 78 valence electrons. The Morgan fingerprint density at radius 2 is 1.79 bits per heavy atom. The fraction of sp³-hybridized carbons (Fsp3) is 0.455. The van der Waals surface area contributed by atoms with E-state index in [1.165, 1.54) is 0 Å². The van der Waals surface area contributed by atoms with Crippen LogP contribution in [-0.2, 0) is 5.60 Å². The molecule has 1 atom stereocenters. The molecule has 0 aliphatic carbocycles. The van der Waals surface area contributed by atoms with Gasteiger partial charge >= 0.3 is 0 Å². The first kappa shape index (κ1) is 11.8. The minimum absolute atomic E-state index is 0.125. The fourth-order valence-corrected chi connectivity index (χ4v) is 1.44. The van der Waals surface area contributed by atoms with Gasteiger partial charge in [0, 0.05) is 0 Å². The van der Waals surface area contributed by atoms with Crippen molar-refractivity contribution in [3.05, 3.63) is 33.8 Å². The molecule has 0 fully saturated rings.